The van der Waals surface area contributed by atoms with Crippen molar-refractivity contribution < 1.29 is 9.13 Å². The van der Waals surface area contributed by atoms with Crippen molar-refractivity contribution in [1.82, 2.24) is 5.43 Å². The lowest BCUT2D eigenvalue weighted by atomic mass is 10.0. The van der Waals surface area contributed by atoms with Crippen LogP contribution in [0.2, 0.25) is 0 Å². The maximum absolute atomic E-state index is 13.4. The van der Waals surface area contributed by atoms with Crippen LogP contribution in [0, 0.1) is 5.82 Å². The number of methoxy groups -OCH3 is 1. The largest absolute Gasteiger partial charge is 0.496 e. The van der Waals surface area contributed by atoms with E-state index in [2.05, 4.69) is 22.7 Å². The number of hydrogen-bond donors (Lipinski definition) is 2. The molecule has 0 saturated carbocycles. The number of hydrogen-bond acceptors (Lipinski definition) is 3. The second kappa shape index (κ2) is 6.81. The van der Waals surface area contributed by atoms with Gasteiger partial charge < -0.3 is 10.5 Å². The summed E-state index contributed by atoms with van der Waals surface area (Å²) < 4.78 is 18.7. The minimum atomic E-state index is -0.319. The molecular formula is C15H14FN3OS. The summed E-state index contributed by atoms with van der Waals surface area (Å²) in [7, 11) is 1.55. The third kappa shape index (κ3) is 4.00. The first kappa shape index (κ1) is 14.9. The molecule has 0 aliphatic rings. The molecule has 0 aromatic heterocycles. The Balaban J connectivity index is 2.35. The summed E-state index contributed by atoms with van der Waals surface area (Å²) in [5, 5.41) is 3.98. The summed E-state index contributed by atoms with van der Waals surface area (Å²) in [5.41, 5.74) is 10.1. The predicted molar refractivity (Wildman–Crippen MR) is 85.9 cm³/mol. The topological polar surface area (TPSA) is 59.6 Å². The first-order valence-electron chi connectivity index (χ1n) is 6.12. The van der Waals surface area contributed by atoms with Gasteiger partial charge in [0, 0.05) is 5.56 Å². The minimum Gasteiger partial charge on any atom is -0.496 e. The monoisotopic (exact) mass is 303 g/mol. The van der Waals surface area contributed by atoms with Gasteiger partial charge in [0.15, 0.2) is 5.11 Å². The fourth-order valence-corrected chi connectivity index (χ4v) is 1.92. The number of halogens is 1. The van der Waals surface area contributed by atoms with Crippen LogP contribution in [0.5, 0.6) is 5.75 Å². The van der Waals surface area contributed by atoms with Gasteiger partial charge in [-0.25, -0.2) is 4.39 Å². The highest BCUT2D eigenvalue weighted by molar-refractivity contribution is 7.80. The van der Waals surface area contributed by atoms with E-state index in [4.69, 9.17) is 10.5 Å². The maximum atomic E-state index is 13.4. The molecular weight excluding hydrogens is 289 g/mol. The number of benzene rings is 2. The van der Waals surface area contributed by atoms with Crippen molar-refractivity contribution in [3.05, 3.63) is 53.8 Å². The normalized spacial score (nSPS) is 10.6. The van der Waals surface area contributed by atoms with E-state index in [1.165, 1.54) is 12.1 Å². The van der Waals surface area contributed by atoms with Gasteiger partial charge in [0.1, 0.15) is 11.6 Å². The lowest BCUT2D eigenvalue weighted by Gasteiger charge is -2.09. The smallest absolute Gasteiger partial charge is 0.184 e. The molecule has 2 rings (SSSR count). The Morgan fingerprint density at radius 2 is 2.14 bits per heavy atom. The van der Waals surface area contributed by atoms with Crippen LogP contribution < -0.4 is 15.9 Å². The lowest BCUT2D eigenvalue weighted by molar-refractivity contribution is 0.415. The second-order valence-electron chi connectivity index (χ2n) is 4.20. The second-order valence-corrected chi connectivity index (χ2v) is 4.64. The highest BCUT2D eigenvalue weighted by atomic mass is 32.1. The number of ether oxygens (including phenoxy) is 1. The molecule has 0 radical (unpaired) electrons. The molecule has 6 heteroatoms. The number of hydrazone groups is 1. The summed E-state index contributed by atoms with van der Waals surface area (Å²) in [6.45, 7) is 0. The van der Waals surface area contributed by atoms with E-state index in [1.807, 2.05) is 24.3 Å². The molecule has 108 valence electrons. The van der Waals surface area contributed by atoms with Crippen molar-refractivity contribution in [2.75, 3.05) is 7.11 Å². The van der Waals surface area contributed by atoms with E-state index in [0.717, 1.165) is 11.1 Å². The molecule has 0 amide bonds. The molecule has 0 fully saturated rings. The van der Waals surface area contributed by atoms with Crippen molar-refractivity contribution in [2.24, 2.45) is 10.8 Å². The van der Waals surface area contributed by atoms with Crippen molar-refractivity contribution in [1.29, 1.82) is 0 Å². The molecule has 2 aromatic rings. The number of rotatable bonds is 4. The summed E-state index contributed by atoms with van der Waals surface area (Å²) in [6.07, 6.45) is 1.58. The molecule has 0 aliphatic heterocycles. The molecule has 0 bridgehead atoms. The van der Waals surface area contributed by atoms with Crippen LogP contribution in [-0.2, 0) is 0 Å². The molecule has 2 aromatic carbocycles. The fourth-order valence-electron chi connectivity index (χ4n) is 1.86. The van der Waals surface area contributed by atoms with Crippen LogP contribution >= 0.6 is 12.2 Å². The van der Waals surface area contributed by atoms with Crippen LogP contribution in [0.1, 0.15) is 5.56 Å². The molecule has 4 nitrogen and oxygen atoms in total. The lowest BCUT2D eigenvalue weighted by Crippen LogP contribution is -2.23. The quantitative estimate of drug-likeness (QED) is 0.518. The molecule has 0 heterocycles. The molecule has 21 heavy (non-hydrogen) atoms. The minimum absolute atomic E-state index is 0.0919. The molecule has 0 spiro atoms. The van der Waals surface area contributed by atoms with Gasteiger partial charge in [-0.1, -0.05) is 18.2 Å². The van der Waals surface area contributed by atoms with Gasteiger partial charge in [0.2, 0.25) is 0 Å². The summed E-state index contributed by atoms with van der Waals surface area (Å²) in [6, 6.07) is 11.8. The van der Waals surface area contributed by atoms with Gasteiger partial charge in [-0.2, -0.15) is 5.10 Å². The number of nitrogens with two attached hydrogens (primary N) is 1. The van der Waals surface area contributed by atoms with Crippen molar-refractivity contribution >= 4 is 23.5 Å². The Morgan fingerprint density at radius 3 is 2.86 bits per heavy atom. The zero-order chi connectivity index (χ0) is 15.2. The van der Waals surface area contributed by atoms with E-state index in [1.54, 1.807) is 19.4 Å². The highest BCUT2D eigenvalue weighted by Gasteiger charge is 2.07. The fraction of sp³-hybridized carbons (Fsp3) is 0.0667. The van der Waals surface area contributed by atoms with E-state index in [9.17, 15) is 4.39 Å². The van der Waals surface area contributed by atoms with Crippen molar-refractivity contribution in [3.8, 4) is 16.9 Å². The summed E-state index contributed by atoms with van der Waals surface area (Å²) >= 11 is 4.66. The van der Waals surface area contributed by atoms with Crippen LogP contribution in [-0.4, -0.2) is 18.4 Å². The Bertz CT molecular complexity index is 688. The van der Waals surface area contributed by atoms with E-state index < -0.39 is 0 Å². The van der Waals surface area contributed by atoms with Crippen LogP contribution in [0.25, 0.3) is 11.1 Å². The number of thiocarbonyl (C=S) groups is 1. The van der Waals surface area contributed by atoms with Crippen LogP contribution in [0.3, 0.4) is 0 Å². The van der Waals surface area contributed by atoms with Crippen molar-refractivity contribution in [2.45, 2.75) is 0 Å². The van der Waals surface area contributed by atoms with E-state index in [0.29, 0.717) is 11.3 Å². The van der Waals surface area contributed by atoms with Crippen molar-refractivity contribution in [3.63, 3.8) is 0 Å². The van der Waals surface area contributed by atoms with E-state index in [-0.39, 0.29) is 10.9 Å². The molecule has 0 atom stereocenters. The number of nitrogens with one attached hydrogen (secondary N) is 1. The standard InChI is InChI=1S/C15H14FN3OS/c1-20-14-6-5-12(16)8-13(14)11-4-2-3-10(7-11)9-18-19-15(17)21/h2-9H,1H3,(H3,17,19,21). The molecule has 0 unspecified atom stereocenters. The molecule has 0 aliphatic carbocycles. The Morgan fingerprint density at radius 1 is 1.33 bits per heavy atom. The van der Waals surface area contributed by atoms with E-state index >= 15 is 0 Å². The van der Waals surface area contributed by atoms with Crippen LogP contribution in [0.4, 0.5) is 4.39 Å². The zero-order valence-electron chi connectivity index (χ0n) is 11.3. The van der Waals surface area contributed by atoms with Gasteiger partial charge in [0.25, 0.3) is 0 Å². The predicted octanol–water partition coefficient (Wildman–Crippen LogP) is 2.67. The third-order valence-corrected chi connectivity index (χ3v) is 2.84. The van der Waals surface area contributed by atoms with Gasteiger partial charge in [-0.05, 0) is 47.6 Å². The average molecular weight is 303 g/mol. The summed E-state index contributed by atoms with van der Waals surface area (Å²) in [4.78, 5) is 0. The van der Waals surface area contributed by atoms with Gasteiger partial charge in [0.05, 0.1) is 13.3 Å². The molecule has 0 saturated heterocycles. The summed E-state index contributed by atoms with van der Waals surface area (Å²) in [5.74, 6) is 0.284. The Kier molecular flexibility index (Phi) is 4.84. The van der Waals surface area contributed by atoms with Gasteiger partial charge >= 0.3 is 0 Å². The third-order valence-electron chi connectivity index (χ3n) is 2.75. The number of nitrogens with zero attached hydrogens (tertiary/aromatic N) is 1. The zero-order valence-corrected chi connectivity index (χ0v) is 12.2. The Hall–Kier alpha value is -2.47. The maximum Gasteiger partial charge on any atom is 0.184 e. The first-order valence-corrected chi connectivity index (χ1v) is 6.53. The van der Waals surface area contributed by atoms with Crippen LogP contribution in [0.15, 0.2) is 47.6 Å². The highest BCUT2D eigenvalue weighted by Crippen LogP contribution is 2.30. The SMILES string of the molecule is COc1ccc(F)cc1-c1cccc(C=NNC(N)=S)c1. The van der Waals surface area contributed by atoms with Gasteiger partial charge in [-0.3, -0.25) is 5.43 Å². The van der Waals surface area contributed by atoms with Gasteiger partial charge in [-0.15, -0.1) is 0 Å². The average Bonchev–Trinajstić information content (AvgIpc) is 2.47. The molecule has 3 N–H and O–H groups in total. The Labute approximate surface area is 127 Å². The first-order chi connectivity index (χ1) is 10.1.